The molecule has 0 atom stereocenters. The first-order valence-corrected chi connectivity index (χ1v) is 10.3. The molecule has 30 heavy (non-hydrogen) atoms. The van der Waals surface area contributed by atoms with E-state index in [0.29, 0.717) is 12.2 Å². The number of amides is 1. The number of carbonyl (C=O) groups excluding carboxylic acids is 1. The number of ether oxygens (including phenoxy) is 1. The summed E-state index contributed by atoms with van der Waals surface area (Å²) in [6, 6.07) is 17.3. The summed E-state index contributed by atoms with van der Waals surface area (Å²) >= 11 is 0. The van der Waals surface area contributed by atoms with Gasteiger partial charge >= 0.3 is 0 Å². The quantitative estimate of drug-likeness (QED) is 0.553. The second-order valence-corrected chi connectivity index (χ2v) is 7.13. The number of anilines is 1. The van der Waals surface area contributed by atoms with Gasteiger partial charge in [-0.1, -0.05) is 26.0 Å². The predicted molar refractivity (Wildman–Crippen MR) is 120 cm³/mol. The van der Waals surface area contributed by atoms with Gasteiger partial charge in [-0.2, -0.15) is 5.26 Å². The van der Waals surface area contributed by atoms with Crippen LogP contribution in [0.1, 0.15) is 19.4 Å². The number of fused-ring (bicyclic) bond motifs is 1. The minimum atomic E-state index is -0.212. The molecule has 0 saturated carbocycles. The van der Waals surface area contributed by atoms with Crippen LogP contribution in [0.4, 0.5) is 5.69 Å². The maximum atomic E-state index is 12.3. The van der Waals surface area contributed by atoms with Crippen molar-refractivity contribution in [3.63, 3.8) is 0 Å². The monoisotopic (exact) mass is 404 g/mol. The first-order valence-electron chi connectivity index (χ1n) is 10.3. The van der Waals surface area contributed by atoms with Crippen LogP contribution in [-0.4, -0.2) is 41.6 Å². The number of rotatable bonds is 10. The number of carbonyl (C=O) groups is 1. The Hall–Kier alpha value is -3.30. The van der Waals surface area contributed by atoms with Crippen molar-refractivity contribution in [1.82, 2.24) is 9.47 Å². The van der Waals surface area contributed by atoms with E-state index in [0.717, 1.165) is 48.3 Å². The highest BCUT2D eigenvalue weighted by Gasteiger charge is 2.08. The van der Waals surface area contributed by atoms with E-state index in [1.165, 1.54) is 0 Å². The summed E-state index contributed by atoms with van der Waals surface area (Å²) in [5, 5.41) is 12.7. The molecule has 1 amide bonds. The maximum Gasteiger partial charge on any atom is 0.262 e. The Morgan fingerprint density at radius 3 is 2.60 bits per heavy atom. The Labute approximate surface area is 177 Å². The van der Waals surface area contributed by atoms with Gasteiger partial charge in [0.2, 0.25) is 0 Å². The van der Waals surface area contributed by atoms with E-state index in [2.05, 4.69) is 47.0 Å². The minimum absolute atomic E-state index is 0.0689. The second-order valence-electron chi connectivity index (χ2n) is 7.13. The molecule has 0 unspecified atom stereocenters. The van der Waals surface area contributed by atoms with E-state index in [-0.39, 0.29) is 12.5 Å². The Balaban J connectivity index is 1.55. The summed E-state index contributed by atoms with van der Waals surface area (Å²) in [5.74, 6) is 0.393. The number of likely N-dealkylation sites (N-methyl/N-ethyl adjacent to an activating group) is 1. The number of hydrogen-bond donors (Lipinski definition) is 1. The normalized spacial score (nSPS) is 10.9. The van der Waals surface area contributed by atoms with Gasteiger partial charge in [-0.3, -0.25) is 4.79 Å². The summed E-state index contributed by atoms with van der Waals surface area (Å²) in [6.45, 7) is 8.36. The van der Waals surface area contributed by atoms with E-state index in [9.17, 15) is 4.79 Å². The lowest BCUT2D eigenvalue weighted by molar-refractivity contribution is -0.118. The van der Waals surface area contributed by atoms with E-state index in [4.69, 9.17) is 10.00 Å². The fourth-order valence-electron chi connectivity index (χ4n) is 3.40. The SMILES string of the molecule is CCN(CC)CCn1ccc2cc(NC(=O)COc3ccc(CC#N)cc3)ccc21. The Morgan fingerprint density at radius 2 is 1.90 bits per heavy atom. The number of nitrogens with zero attached hydrogens (tertiary/aromatic N) is 3. The lowest BCUT2D eigenvalue weighted by atomic mass is 10.2. The van der Waals surface area contributed by atoms with Crippen molar-refractivity contribution in [3.05, 3.63) is 60.3 Å². The van der Waals surface area contributed by atoms with Crippen LogP contribution in [0.2, 0.25) is 0 Å². The molecular weight excluding hydrogens is 376 g/mol. The smallest absolute Gasteiger partial charge is 0.262 e. The second kappa shape index (κ2) is 10.5. The van der Waals surface area contributed by atoms with Gasteiger partial charge in [-0.15, -0.1) is 0 Å². The number of aromatic nitrogens is 1. The van der Waals surface area contributed by atoms with Gasteiger partial charge in [-0.25, -0.2) is 0 Å². The molecular formula is C24H28N4O2. The van der Waals surface area contributed by atoms with Crippen LogP contribution in [-0.2, 0) is 17.8 Å². The molecule has 6 heteroatoms. The average molecular weight is 405 g/mol. The van der Waals surface area contributed by atoms with Crippen molar-refractivity contribution in [2.75, 3.05) is 31.6 Å². The number of hydrogen-bond acceptors (Lipinski definition) is 4. The van der Waals surface area contributed by atoms with E-state index < -0.39 is 0 Å². The molecule has 1 N–H and O–H groups in total. The molecule has 0 aliphatic heterocycles. The van der Waals surface area contributed by atoms with Gasteiger partial charge in [0.15, 0.2) is 6.61 Å². The molecule has 0 aliphatic rings. The lowest BCUT2D eigenvalue weighted by Gasteiger charge is -2.18. The van der Waals surface area contributed by atoms with Crippen molar-refractivity contribution < 1.29 is 9.53 Å². The predicted octanol–water partition coefficient (Wildman–Crippen LogP) is 4.07. The van der Waals surface area contributed by atoms with Gasteiger partial charge in [0.1, 0.15) is 5.75 Å². The molecule has 0 radical (unpaired) electrons. The molecule has 3 rings (SSSR count). The van der Waals surface area contributed by atoms with Crippen LogP contribution in [0.3, 0.4) is 0 Å². The molecule has 0 fully saturated rings. The summed E-state index contributed by atoms with van der Waals surface area (Å²) in [6.07, 6.45) is 2.46. The number of nitrogens with one attached hydrogen (secondary N) is 1. The third-order valence-electron chi connectivity index (χ3n) is 5.18. The van der Waals surface area contributed by atoms with Crippen molar-refractivity contribution in [2.45, 2.75) is 26.8 Å². The molecule has 0 aliphatic carbocycles. The summed E-state index contributed by atoms with van der Waals surface area (Å²) < 4.78 is 7.78. The van der Waals surface area contributed by atoms with E-state index in [1.807, 2.05) is 30.3 Å². The fourth-order valence-corrected chi connectivity index (χ4v) is 3.40. The first-order chi connectivity index (χ1) is 14.6. The largest absolute Gasteiger partial charge is 0.484 e. The maximum absolute atomic E-state index is 12.3. The minimum Gasteiger partial charge on any atom is -0.484 e. The standard InChI is InChI=1S/C24H28N4O2/c1-3-27(4-2)15-16-28-14-12-20-17-21(7-10-23(20)28)26-24(29)18-30-22-8-5-19(6-9-22)11-13-25/h5-10,12,14,17H,3-4,11,15-16,18H2,1-2H3,(H,26,29). The topological polar surface area (TPSA) is 70.3 Å². The lowest BCUT2D eigenvalue weighted by Crippen LogP contribution is -2.26. The Kier molecular flexibility index (Phi) is 7.47. The van der Waals surface area contributed by atoms with Gasteiger partial charge in [0, 0.05) is 35.9 Å². The zero-order valence-electron chi connectivity index (χ0n) is 17.6. The van der Waals surface area contributed by atoms with Gasteiger partial charge in [-0.05, 0) is 55.1 Å². The third-order valence-corrected chi connectivity index (χ3v) is 5.18. The zero-order valence-corrected chi connectivity index (χ0v) is 17.6. The van der Waals surface area contributed by atoms with Crippen LogP contribution >= 0.6 is 0 Å². The number of nitriles is 1. The molecule has 1 heterocycles. The van der Waals surface area contributed by atoms with Crippen LogP contribution in [0.5, 0.6) is 5.75 Å². The fraction of sp³-hybridized carbons (Fsp3) is 0.333. The molecule has 2 aromatic carbocycles. The van der Waals surface area contributed by atoms with Crippen molar-refractivity contribution in [1.29, 1.82) is 5.26 Å². The molecule has 1 aromatic heterocycles. The molecule has 0 saturated heterocycles. The summed E-state index contributed by atoms with van der Waals surface area (Å²) in [7, 11) is 0. The van der Waals surface area contributed by atoms with Gasteiger partial charge in [0.25, 0.3) is 5.91 Å². The molecule has 6 nitrogen and oxygen atoms in total. The Bertz CT molecular complexity index is 1010. The molecule has 0 bridgehead atoms. The highest BCUT2D eigenvalue weighted by molar-refractivity contribution is 5.94. The van der Waals surface area contributed by atoms with Crippen molar-refractivity contribution in [3.8, 4) is 11.8 Å². The first kappa shape index (κ1) is 21.4. The average Bonchev–Trinajstić information content (AvgIpc) is 3.16. The van der Waals surface area contributed by atoms with Crippen molar-refractivity contribution >= 4 is 22.5 Å². The molecule has 156 valence electrons. The van der Waals surface area contributed by atoms with Crippen LogP contribution in [0.25, 0.3) is 10.9 Å². The van der Waals surface area contributed by atoms with Crippen LogP contribution < -0.4 is 10.1 Å². The highest BCUT2D eigenvalue weighted by atomic mass is 16.5. The zero-order chi connectivity index (χ0) is 21.3. The molecule has 0 spiro atoms. The van der Waals surface area contributed by atoms with Gasteiger partial charge in [0.05, 0.1) is 12.5 Å². The highest BCUT2D eigenvalue weighted by Crippen LogP contribution is 2.21. The van der Waals surface area contributed by atoms with Crippen molar-refractivity contribution in [2.24, 2.45) is 0 Å². The summed E-state index contributed by atoms with van der Waals surface area (Å²) in [4.78, 5) is 14.7. The summed E-state index contributed by atoms with van der Waals surface area (Å²) in [5.41, 5.74) is 2.84. The van der Waals surface area contributed by atoms with Crippen LogP contribution in [0, 0.1) is 11.3 Å². The van der Waals surface area contributed by atoms with Crippen LogP contribution in [0.15, 0.2) is 54.7 Å². The Morgan fingerprint density at radius 1 is 1.13 bits per heavy atom. The van der Waals surface area contributed by atoms with E-state index >= 15 is 0 Å². The van der Waals surface area contributed by atoms with Gasteiger partial charge < -0.3 is 19.5 Å². The number of benzene rings is 2. The van der Waals surface area contributed by atoms with E-state index in [1.54, 1.807) is 12.1 Å². The third kappa shape index (κ3) is 5.62. The molecule has 3 aromatic rings.